The van der Waals surface area contributed by atoms with Crippen molar-refractivity contribution in [1.82, 2.24) is 4.90 Å². The second kappa shape index (κ2) is 11.1. The molecule has 0 aliphatic carbocycles. The van der Waals surface area contributed by atoms with Crippen LogP contribution in [0, 0.1) is 13.8 Å². The zero-order valence-corrected chi connectivity index (χ0v) is 21.3. The van der Waals surface area contributed by atoms with Gasteiger partial charge in [-0.1, -0.05) is 17.8 Å². The van der Waals surface area contributed by atoms with Crippen molar-refractivity contribution in [2.75, 3.05) is 32.7 Å². The molecule has 35 heavy (non-hydrogen) atoms. The first-order valence-electron chi connectivity index (χ1n) is 11.7. The van der Waals surface area contributed by atoms with Gasteiger partial charge < -0.3 is 19.5 Å². The number of carbonyl (C=O) groups excluding carboxylic acids is 2. The molecule has 4 rings (SSSR count). The van der Waals surface area contributed by atoms with Crippen molar-refractivity contribution in [2.45, 2.75) is 44.5 Å². The number of methoxy groups -OCH3 is 2. The van der Waals surface area contributed by atoms with Crippen molar-refractivity contribution in [2.24, 2.45) is 4.99 Å². The van der Waals surface area contributed by atoms with Crippen LogP contribution < -0.4 is 14.8 Å². The Balaban J connectivity index is 1.51. The minimum atomic E-state index is -0.564. The number of aryl methyl sites for hydroxylation is 2. The standard InChI is InChI=1S/C26H31N3O5S/c1-16-7-8-18(12-17(16)2)27-26-29(15-20-6-5-11-34-20)25(31)23(35-26)14-24(30)28-21-10-9-19(32-3)13-22(21)33-4/h7-10,12-13,20,23H,5-6,11,14-15H2,1-4H3,(H,28,30). The number of benzene rings is 2. The van der Waals surface area contributed by atoms with E-state index in [1.54, 1.807) is 30.2 Å². The van der Waals surface area contributed by atoms with E-state index in [0.29, 0.717) is 35.5 Å². The number of amidine groups is 1. The summed E-state index contributed by atoms with van der Waals surface area (Å²) < 4.78 is 16.3. The average Bonchev–Trinajstić information content (AvgIpc) is 3.46. The van der Waals surface area contributed by atoms with Crippen molar-refractivity contribution < 1.29 is 23.8 Å². The van der Waals surface area contributed by atoms with E-state index in [4.69, 9.17) is 19.2 Å². The Bertz CT molecular complexity index is 1130. The number of ether oxygens (including phenoxy) is 3. The molecule has 2 aromatic rings. The Hall–Kier alpha value is -3.04. The van der Waals surface area contributed by atoms with Gasteiger partial charge in [-0.3, -0.25) is 14.5 Å². The molecule has 2 saturated heterocycles. The molecule has 0 bridgehead atoms. The highest BCUT2D eigenvalue weighted by atomic mass is 32.2. The molecule has 2 fully saturated rings. The number of amides is 2. The largest absolute Gasteiger partial charge is 0.497 e. The first-order valence-corrected chi connectivity index (χ1v) is 12.5. The number of thioether (sulfide) groups is 1. The molecule has 2 aromatic carbocycles. The number of anilines is 1. The van der Waals surface area contributed by atoms with Crippen LogP contribution >= 0.6 is 11.8 Å². The van der Waals surface area contributed by atoms with E-state index in [-0.39, 0.29) is 24.3 Å². The lowest BCUT2D eigenvalue weighted by molar-refractivity contribution is -0.129. The fraction of sp³-hybridized carbons (Fsp3) is 0.423. The number of aliphatic imine (C=N–C) groups is 1. The van der Waals surface area contributed by atoms with E-state index in [1.165, 1.54) is 24.4 Å². The molecule has 0 spiro atoms. The highest BCUT2D eigenvalue weighted by Crippen LogP contribution is 2.34. The molecule has 0 radical (unpaired) electrons. The van der Waals surface area contributed by atoms with Gasteiger partial charge in [-0.05, 0) is 62.1 Å². The van der Waals surface area contributed by atoms with Gasteiger partial charge >= 0.3 is 0 Å². The summed E-state index contributed by atoms with van der Waals surface area (Å²) in [5.74, 6) is 0.715. The molecule has 2 heterocycles. The van der Waals surface area contributed by atoms with Crippen LogP contribution in [-0.4, -0.2) is 60.6 Å². The Morgan fingerprint density at radius 3 is 2.69 bits per heavy atom. The second-order valence-electron chi connectivity index (χ2n) is 8.67. The molecule has 8 nitrogen and oxygen atoms in total. The monoisotopic (exact) mass is 497 g/mol. The minimum absolute atomic E-state index is 0.0133. The summed E-state index contributed by atoms with van der Waals surface area (Å²) in [6.45, 7) is 5.24. The number of nitrogens with zero attached hydrogens (tertiary/aromatic N) is 2. The number of carbonyl (C=O) groups is 2. The molecule has 2 atom stereocenters. The topological polar surface area (TPSA) is 89.5 Å². The van der Waals surface area contributed by atoms with Crippen molar-refractivity contribution in [3.63, 3.8) is 0 Å². The van der Waals surface area contributed by atoms with Crippen molar-refractivity contribution in [3.05, 3.63) is 47.5 Å². The van der Waals surface area contributed by atoms with Crippen molar-refractivity contribution >= 4 is 40.1 Å². The third-order valence-corrected chi connectivity index (χ3v) is 7.37. The van der Waals surface area contributed by atoms with E-state index in [1.807, 2.05) is 25.1 Å². The van der Waals surface area contributed by atoms with E-state index < -0.39 is 5.25 Å². The molecule has 0 aromatic heterocycles. The average molecular weight is 498 g/mol. The SMILES string of the molecule is COc1ccc(NC(=O)CC2SC(=Nc3ccc(C)c(C)c3)N(CC3CCCO3)C2=O)c(OC)c1. The predicted molar refractivity (Wildman–Crippen MR) is 138 cm³/mol. The van der Waals surface area contributed by atoms with E-state index in [2.05, 4.69) is 12.2 Å². The maximum atomic E-state index is 13.4. The zero-order chi connectivity index (χ0) is 24.9. The van der Waals surface area contributed by atoms with Crippen molar-refractivity contribution in [3.8, 4) is 11.5 Å². The summed E-state index contributed by atoms with van der Waals surface area (Å²) in [7, 11) is 3.09. The van der Waals surface area contributed by atoms with Crippen LogP contribution in [0.15, 0.2) is 41.4 Å². The summed E-state index contributed by atoms with van der Waals surface area (Å²) in [5, 5.41) is 2.90. The summed E-state index contributed by atoms with van der Waals surface area (Å²) in [5.41, 5.74) is 3.63. The van der Waals surface area contributed by atoms with E-state index >= 15 is 0 Å². The quantitative estimate of drug-likeness (QED) is 0.579. The van der Waals surface area contributed by atoms with E-state index in [0.717, 1.165) is 24.1 Å². The summed E-state index contributed by atoms with van der Waals surface area (Å²) in [4.78, 5) is 32.7. The molecule has 2 amide bonds. The van der Waals surface area contributed by atoms with E-state index in [9.17, 15) is 9.59 Å². The molecular weight excluding hydrogens is 466 g/mol. The molecule has 2 aliphatic rings. The van der Waals surface area contributed by atoms with Gasteiger partial charge in [-0.2, -0.15) is 0 Å². The van der Waals surface area contributed by atoms with Gasteiger partial charge in [0.15, 0.2) is 5.17 Å². The van der Waals surface area contributed by atoms with Gasteiger partial charge in [0.2, 0.25) is 11.8 Å². The van der Waals surface area contributed by atoms with Crippen LogP contribution in [-0.2, 0) is 14.3 Å². The van der Waals surface area contributed by atoms with Gasteiger partial charge in [0.25, 0.3) is 0 Å². The molecule has 9 heteroatoms. The van der Waals surface area contributed by atoms with Crippen LogP contribution in [0.5, 0.6) is 11.5 Å². The lowest BCUT2D eigenvalue weighted by Gasteiger charge is -2.20. The first-order chi connectivity index (χ1) is 16.9. The van der Waals surface area contributed by atoms with Crippen LogP contribution in [0.4, 0.5) is 11.4 Å². The van der Waals surface area contributed by atoms with Gasteiger partial charge in [0.05, 0.1) is 38.2 Å². The zero-order valence-electron chi connectivity index (χ0n) is 20.5. The lowest BCUT2D eigenvalue weighted by atomic mass is 10.1. The summed E-state index contributed by atoms with van der Waals surface area (Å²) >= 11 is 1.33. The Morgan fingerprint density at radius 1 is 1.17 bits per heavy atom. The van der Waals surface area contributed by atoms with Gasteiger partial charge in [0, 0.05) is 19.1 Å². The molecular formula is C26H31N3O5S. The minimum Gasteiger partial charge on any atom is -0.497 e. The maximum absolute atomic E-state index is 13.4. The van der Waals surface area contributed by atoms with Crippen LogP contribution in [0.3, 0.4) is 0 Å². The lowest BCUT2D eigenvalue weighted by Crippen LogP contribution is -2.38. The predicted octanol–water partition coefficient (Wildman–Crippen LogP) is 4.46. The molecule has 2 unspecified atom stereocenters. The van der Waals surface area contributed by atoms with Gasteiger partial charge in [0.1, 0.15) is 16.7 Å². The third kappa shape index (κ3) is 5.97. The summed E-state index contributed by atoms with van der Waals surface area (Å²) in [6, 6.07) is 11.1. The number of nitrogens with one attached hydrogen (secondary N) is 1. The summed E-state index contributed by atoms with van der Waals surface area (Å²) in [6.07, 6.45) is 1.90. The number of rotatable bonds is 8. The Morgan fingerprint density at radius 2 is 2.00 bits per heavy atom. The number of hydrogen-bond acceptors (Lipinski definition) is 7. The van der Waals surface area contributed by atoms with Crippen LogP contribution in [0.25, 0.3) is 0 Å². The maximum Gasteiger partial charge on any atom is 0.242 e. The normalized spacial score (nSPS) is 21.0. The molecule has 0 saturated carbocycles. The van der Waals surface area contributed by atoms with Gasteiger partial charge in [-0.25, -0.2) is 4.99 Å². The highest BCUT2D eigenvalue weighted by Gasteiger charge is 2.40. The molecule has 2 aliphatic heterocycles. The first kappa shape index (κ1) is 25.1. The third-order valence-electron chi connectivity index (χ3n) is 6.20. The smallest absolute Gasteiger partial charge is 0.242 e. The van der Waals surface area contributed by atoms with Crippen LogP contribution in [0.2, 0.25) is 0 Å². The number of hydrogen-bond donors (Lipinski definition) is 1. The molecule has 1 N–H and O–H groups in total. The van der Waals surface area contributed by atoms with Gasteiger partial charge in [-0.15, -0.1) is 0 Å². The molecule has 186 valence electrons. The van der Waals surface area contributed by atoms with Crippen LogP contribution in [0.1, 0.15) is 30.4 Å². The highest BCUT2D eigenvalue weighted by molar-refractivity contribution is 8.15. The fourth-order valence-corrected chi connectivity index (χ4v) is 5.23. The van der Waals surface area contributed by atoms with Crippen molar-refractivity contribution in [1.29, 1.82) is 0 Å². The Kier molecular flexibility index (Phi) is 7.97. The fourth-order valence-electron chi connectivity index (χ4n) is 4.06. The second-order valence-corrected chi connectivity index (χ2v) is 9.84. The Labute approximate surface area is 210 Å².